The standard InChI is InChI=1S/C12H17N3O2/c1-8(2)11-5-10(16)7-15(11)12(17)9-3-4-13-14-6-9/h3-4,6,8,10-11,16H,5,7H2,1-2H3/t10-,11+/m1/s1. The van der Waals surface area contributed by atoms with Crippen LogP contribution in [0.4, 0.5) is 0 Å². The summed E-state index contributed by atoms with van der Waals surface area (Å²) >= 11 is 0. The molecule has 1 aromatic heterocycles. The number of likely N-dealkylation sites (tertiary alicyclic amines) is 1. The van der Waals surface area contributed by atoms with Gasteiger partial charge in [-0.1, -0.05) is 13.8 Å². The van der Waals surface area contributed by atoms with E-state index in [0.717, 1.165) is 0 Å². The number of aliphatic hydroxyl groups is 1. The Balaban J connectivity index is 2.19. The van der Waals surface area contributed by atoms with Crippen molar-refractivity contribution in [3.8, 4) is 0 Å². The fraction of sp³-hybridized carbons (Fsp3) is 0.583. The van der Waals surface area contributed by atoms with Gasteiger partial charge >= 0.3 is 0 Å². The average molecular weight is 235 g/mol. The number of carbonyl (C=O) groups is 1. The molecule has 2 heterocycles. The molecular formula is C12H17N3O2. The van der Waals surface area contributed by atoms with Gasteiger partial charge in [0.05, 0.1) is 24.1 Å². The Labute approximate surface area is 100 Å². The van der Waals surface area contributed by atoms with Gasteiger partial charge in [-0.05, 0) is 18.4 Å². The fourth-order valence-corrected chi connectivity index (χ4v) is 2.29. The van der Waals surface area contributed by atoms with Crippen LogP contribution >= 0.6 is 0 Å². The Morgan fingerprint density at radius 2 is 2.29 bits per heavy atom. The molecule has 1 N–H and O–H groups in total. The van der Waals surface area contributed by atoms with Crippen LogP contribution in [0.3, 0.4) is 0 Å². The highest BCUT2D eigenvalue weighted by molar-refractivity contribution is 5.94. The molecular weight excluding hydrogens is 218 g/mol. The number of rotatable bonds is 2. The molecule has 1 fully saturated rings. The number of hydrogen-bond donors (Lipinski definition) is 1. The zero-order chi connectivity index (χ0) is 12.4. The molecule has 0 bridgehead atoms. The fourth-order valence-electron chi connectivity index (χ4n) is 2.29. The van der Waals surface area contributed by atoms with Gasteiger partial charge in [0, 0.05) is 12.6 Å². The number of carbonyl (C=O) groups excluding carboxylic acids is 1. The van der Waals surface area contributed by atoms with E-state index in [1.165, 1.54) is 12.4 Å². The van der Waals surface area contributed by atoms with Crippen molar-refractivity contribution >= 4 is 5.91 Å². The maximum absolute atomic E-state index is 12.3. The SMILES string of the molecule is CC(C)[C@@H]1C[C@@H](O)CN1C(=O)c1ccnnc1. The van der Waals surface area contributed by atoms with Gasteiger partial charge in [0.1, 0.15) is 0 Å². The van der Waals surface area contributed by atoms with Crippen LogP contribution < -0.4 is 0 Å². The minimum Gasteiger partial charge on any atom is -0.391 e. The monoisotopic (exact) mass is 235 g/mol. The number of β-amino-alcohol motifs (C(OH)–C–C–N with tert-alkyl or cyclic N) is 1. The molecule has 1 aliphatic rings. The zero-order valence-electron chi connectivity index (χ0n) is 10.1. The number of aliphatic hydroxyl groups excluding tert-OH is 1. The maximum atomic E-state index is 12.3. The Hall–Kier alpha value is -1.49. The molecule has 1 amide bonds. The molecule has 2 atom stereocenters. The van der Waals surface area contributed by atoms with E-state index in [4.69, 9.17) is 0 Å². The first kappa shape index (κ1) is 12.0. The van der Waals surface area contributed by atoms with Crippen molar-refractivity contribution in [2.24, 2.45) is 5.92 Å². The molecule has 0 aromatic carbocycles. The number of hydrogen-bond acceptors (Lipinski definition) is 4. The van der Waals surface area contributed by atoms with Gasteiger partial charge in [-0.2, -0.15) is 10.2 Å². The van der Waals surface area contributed by atoms with E-state index in [0.29, 0.717) is 24.4 Å². The third-order valence-corrected chi connectivity index (χ3v) is 3.18. The van der Waals surface area contributed by atoms with Crippen molar-refractivity contribution in [3.63, 3.8) is 0 Å². The number of nitrogens with zero attached hydrogens (tertiary/aromatic N) is 3. The molecule has 5 nitrogen and oxygen atoms in total. The number of aromatic nitrogens is 2. The predicted molar refractivity (Wildman–Crippen MR) is 62.3 cm³/mol. The molecule has 92 valence electrons. The van der Waals surface area contributed by atoms with E-state index in [1.54, 1.807) is 11.0 Å². The van der Waals surface area contributed by atoms with E-state index >= 15 is 0 Å². The second-order valence-electron chi connectivity index (χ2n) is 4.79. The largest absolute Gasteiger partial charge is 0.391 e. The lowest BCUT2D eigenvalue weighted by molar-refractivity contribution is 0.0685. The van der Waals surface area contributed by atoms with E-state index in [2.05, 4.69) is 24.0 Å². The van der Waals surface area contributed by atoms with Crippen molar-refractivity contribution < 1.29 is 9.90 Å². The van der Waals surface area contributed by atoms with Crippen molar-refractivity contribution in [1.82, 2.24) is 15.1 Å². The van der Waals surface area contributed by atoms with E-state index in [-0.39, 0.29) is 11.9 Å². The first-order chi connectivity index (χ1) is 8.09. The highest BCUT2D eigenvalue weighted by Crippen LogP contribution is 2.25. The molecule has 0 radical (unpaired) electrons. The molecule has 17 heavy (non-hydrogen) atoms. The number of amides is 1. The summed E-state index contributed by atoms with van der Waals surface area (Å²) < 4.78 is 0. The van der Waals surface area contributed by atoms with Crippen LogP contribution in [-0.4, -0.2) is 44.8 Å². The van der Waals surface area contributed by atoms with Gasteiger partial charge in [0.25, 0.3) is 5.91 Å². The minimum absolute atomic E-state index is 0.0739. The van der Waals surface area contributed by atoms with E-state index in [9.17, 15) is 9.90 Å². The second kappa shape index (κ2) is 4.79. The Bertz CT molecular complexity index is 394. The highest BCUT2D eigenvalue weighted by atomic mass is 16.3. The lowest BCUT2D eigenvalue weighted by Gasteiger charge is -2.27. The summed E-state index contributed by atoms with van der Waals surface area (Å²) in [6, 6.07) is 1.75. The summed E-state index contributed by atoms with van der Waals surface area (Å²) in [7, 11) is 0. The van der Waals surface area contributed by atoms with E-state index in [1.807, 2.05) is 0 Å². The topological polar surface area (TPSA) is 66.3 Å². The summed E-state index contributed by atoms with van der Waals surface area (Å²) in [5.74, 6) is 0.265. The lowest BCUT2D eigenvalue weighted by atomic mass is 10.0. The average Bonchev–Trinajstić information content (AvgIpc) is 2.72. The van der Waals surface area contributed by atoms with Gasteiger partial charge in [0.15, 0.2) is 0 Å². The first-order valence-corrected chi connectivity index (χ1v) is 5.85. The van der Waals surface area contributed by atoms with Crippen molar-refractivity contribution in [2.75, 3.05) is 6.54 Å². The van der Waals surface area contributed by atoms with Crippen molar-refractivity contribution in [2.45, 2.75) is 32.4 Å². The predicted octanol–water partition coefficient (Wildman–Crippen LogP) is 0.708. The smallest absolute Gasteiger partial charge is 0.255 e. The van der Waals surface area contributed by atoms with Gasteiger partial charge in [-0.25, -0.2) is 0 Å². The van der Waals surface area contributed by atoms with Crippen LogP contribution in [0.2, 0.25) is 0 Å². The molecule has 1 saturated heterocycles. The molecule has 5 heteroatoms. The quantitative estimate of drug-likeness (QED) is 0.819. The normalized spacial score (nSPS) is 24.4. The molecule has 0 aliphatic carbocycles. The van der Waals surface area contributed by atoms with Gasteiger partial charge in [-0.15, -0.1) is 0 Å². The lowest BCUT2D eigenvalue weighted by Crippen LogP contribution is -2.38. The van der Waals surface area contributed by atoms with Crippen LogP contribution in [0.25, 0.3) is 0 Å². The Kier molecular flexibility index (Phi) is 3.38. The molecule has 1 aromatic rings. The maximum Gasteiger partial charge on any atom is 0.255 e. The summed E-state index contributed by atoms with van der Waals surface area (Å²) in [5.41, 5.74) is 0.528. The highest BCUT2D eigenvalue weighted by Gasteiger charge is 2.36. The van der Waals surface area contributed by atoms with Gasteiger partial charge < -0.3 is 10.0 Å². The zero-order valence-corrected chi connectivity index (χ0v) is 10.1. The van der Waals surface area contributed by atoms with Crippen LogP contribution in [0.1, 0.15) is 30.6 Å². The Morgan fingerprint density at radius 3 is 2.88 bits per heavy atom. The third-order valence-electron chi connectivity index (χ3n) is 3.18. The summed E-state index contributed by atoms with van der Waals surface area (Å²) in [6.07, 6.45) is 3.21. The van der Waals surface area contributed by atoms with Crippen molar-refractivity contribution in [3.05, 3.63) is 24.0 Å². The molecule has 1 aliphatic heterocycles. The molecule has 0 spiro atoms. The summed E-state index contributed by atoms with van der Waals surface area (Å²) in [4.78, 5) is 14.0. The van der Waals surface area contributed by atoms with Gasteiger partial charge in [0.2, 0.25) is 0 Å². The third kappa shape index (κ3) is 2.44. The second-order valence-corrected chi connectivity index (χ2v) is 4.79. The van der Waals surface area contributed by atoms with Crippen LogP contribution in [-0.2, 0) is 0 Å². The van der Waals surface area contributed by atoms with Crippen LogP contribution in [0.15, 0.2) is 18.5 Å². The van der Waals surface area contributed by atoms with Crippen LogP contribution in [0.5, 0.6) is 0 Å². The van der Waals surface area contributed by atoms with Crippen molar-refractivity contribution in [1.29, 1.82) is 0 Å². The summed E-state index contributed by atoms with van der Waals surface area (Å²) in [6.45, 7) is 4.53. The Morgan fingerprint density at radius 1 is 1.53 bits per heavy atom. The van der Waals surface area contributed by atoms with Crippen LogP contribution in [0, 0.1) is 5.92 Å². The first-order valence-electron chi connectivity index (χ1n) is 5.85. The summed E-state index contributed by atoms with van der Waals surface area (Å²) in [5, 5.41) is 17.1. The van der Waals surface area contributed by atoms with E-state index < -0.39 is 6.10 Å². The minimum atomic E-state index is -0.416. The molecule has 2 rings (SSSR count). The van der Waals surface area contributed by atoms with Gasteiger partial charge in [-0.3, -0.25) is 4.79 Å². The molecule has 0 saturated carbocycles. The molecule has 0 unspecified atom stereocenters.